The highest BCUT2D eigenvalue weighted by Crippen LogP contribution is 2.20. The highest BCUT2D eigenvalue weighted by molar-refractivity contribution is 5.70. The van der Waals surface area contributed by atoms with Gasteiger partial charge in [-0.05, 0) is 25.5 Å². The average molecular weight is 226 g/mol. The maximum absolute atomic E-state index is 9.82. The molecule has 0 aliphatic rings. The highest BCUT2D eigenvalue weighted by Gasteiger charge is 2.05. The first-order valence-corrected chi connectivity index (χ1v) is 5.44. The Labute approximate surface area is 100 Å². The fraction of sp³-hybridized carbons (Fsp3) is 0.143. The zero-order valence-electron chi connectivity index (χ0n) is 9.88. The Kier molecular flexibility index (Phi) is 3.19. The number of nitrogens with zero attached hydrogens (tertiary/aromatic N) is 2. The lowest BCUT2D eigenvalue weighted by Gasteiger charge is -2.03. The Balaban J connectivity index is 2.33. The van der Waals surface area contributed by atoms with Crippen molar-refractivity contribution in [2.45, 2.75) is 13.8 Å². The summed E-state index contributed by atoms with van der Waals surface area (Å²) >= 11 is 0. The van der Waals surface area contributed by atoms with Crippen LogP contribution in [-0.2, 0) is 0 Å². The van der Waals surface area contributed by atoms with E-state index in [1.165, 1.54) is 0 Å². The van der Waals surface area contributed by atoms with Crippen molar-refractivity contribution in [3.63, 3.8) is 0 Å². The van der Waals surface area contributed by atoms with Crippen LogP contribution in [0.4, 0.5) is 0 Å². The molecule has 1 aromatic carbocycles. The van der Waals surface area contributed by atoms with Crippen molar-refractivity contribution in [2.24, 2.45) is 0 Å². The first-order chi connectivity index (χ1) is 8.16. The van der Waals surface area contributed by atoms with Gasteiger partial charge < -0.3 is 5.11 Å². The van der Waals surface area contributed by atoms with Crippen molar-refractivity contribution in [1.82, 2.24) is 9.97 Å². The lowest BCUT2D eigenvalue weighted by atomic mass is 10.2. The maximum atomic E-state index is 9.82. The number of benzene rings is 1. The molecule has 0 atom stereocenters. The smallest absolute Gasteiger partial charge is 0.162 e. The maximum Gasteiger partial charge on any atom is 0.162 e. The van der Waals surface area contributed by atoms with E-state index in [0.717, 1.165) is 5.56 Å². The number of hydrogen-bond donors (Lipinski definition) is 1. The number of aromatic hydroxyl groups is 1. The van der Waals surface area contributed by atoms with Crippen molar-refractivity contribution in [2.75, 3.05) is 0 Å². The molecule has 0 fully saturated rings. The molecule has 0 saturated carbocycles. The molecule has 1 N–H and O–H groups in total. The second-order valence-corrected chi connectivity index (χ2v) is 3.83. The van der Waals surface area contributed by atoms with Crippen molar-refractivity contribution >= 4 is 12.2 Å². The van der Waals surface area contributed by atoms with E-state index in [2.05, 4.69) is 9.97 Å². The predicted octanol–water partition coefficient (Wildman–Crippen LogP) is 2.97. The minimum atomic E-state index is 0.141. The number of hydrogen-bond acceptors (Lipinski definition) is 3. The van der Waals surface area contributed by atoms with Gasteiger partial charge in [0.2, 0.25) is 0 Å². The molecule has 1 aromatic heterocycles. The van der Waals surface area contributed by atoms with Crippen LogP contribution in [0, 0.1) is 13.8 Å². The third kappa shape index (κ3) is 2.69. The van der Waals surface area contributed by atoms with E-state index in [1.807, 2.05) is 43.3 Å². The molecular weight excluding hydrogens is 212 g/mol. The molecule has 86 valence electrons. The standard InChI is InChI=1S/C14H14N2O/c1-10-14(17)13(16-11(2)15-10)9-8-12-6-4-3-5-7-12/h3-9,17H,1-2H3/b9-8+. The normalized spacial score (nSPS) is 10.9. The Bertz CT molecular complexity index is 548. The fourth-order valence-electron chi connectivity index (χ4n) is 1.59. The van der Waals surface area contributed by atoms with Gasteiger partial charge in [0.05, 0.1) is 5.69 Å². The third-order valence-electron chi connectivity index (χ3n) is 2.43. The number of aryl methyl sites for hydroxylation is 2. The second kappa shape index (κ2) is 4.78. The molecule has 0 radical (unpaired) electrons. The minimum absolute atomic E-state index is 0.141. The molecule has 1 heterocycles. The molecule has 2 rings (SSSR count). The summed E-state index contributed by atoms with van der Waals surface area (Å²) in [5.41, 5.74) is 2.23. The summed E-state index contributed by atoms with van der Waals surface area (Å²) in [4.78, 5) is 8.29. The summed E-state index contributed by atoms with van der Waals surface area (Å²) in [5.74, 6) is 0.802. The lowest BCUT2D eigenvalue weighted by molar-refractivity contribution is 0.462. The van der Waals surface area contributed by atoms with Crippen LogP contribution in [0.5, 0.6) is 5.75 Å². The number of rotatable bonds is 2. The lowest BCUT2D eigenvalue weighted by Crippen LogP contribution is -1.94. The van der Waals surface area contributed by atoms with Crippen molar-refractivity contribution in [1.29, 1.82) is 0 Å². The van der Waals surface area contributed by atoms with Crippen LogP contribution < -0.4 is 0 Å². The van der Waals surface area contributed by atoms with Gasteiger partial charge in [0.1, 0.15) is 11.5 Å². The summed E-state index contributed by atoms with van der Waals surface area (Å²) < 4.78 is 0. The summed E-state index contributed by atoms with van der Waals surface area (Å²) in [6, 6.07) is 9.89. The van der Waals surface area contributed by atoms with Gasteiger partial charge in [-0.2, -0.15) is 0 Å². The summed E-state index contributed by atoms with van der Waals surface area (Å²) in [6.45, 7) is 3.58. The van der Waals surface area contributed by atoms with Crippen molar-refractivity contribution in [3.05, 3.63) is 53.1 Å². The van der Waals surface area contributed by atoms with Gasteiger partial charge in [0.15, 0.2) is 5.75 Å². The van der Waals surface area contributed by atoms with E-state index in [-0.39, 0.29) is 5.75 Å². The summed E-state index contributed by atoms with van der Waals surface area (Å²) in [7, 11) is 0. The van der Waals surface area contributed by atoms with Crippen LogP contribution in [0.1, 0.15) is 22.8 Å². The Hall–Kier alpha value is -2.16. The molecule has 3 nitrogen and oxygen atoms in total. The molecule has 17 heavy (non-hydrogen) atoms. The van der Waals surface area contributed by atoms with Gasteiger partial charge in [-0.15, -0.1) is 0 Å². The molecule has 3 heteroatoms. The van der Waals surface area contributed by atoms with E-state index in [4.69, 9.17) is 0 Å². The predicted molar refractivity (Wildman–Crippen MR) is 68.5 cm³/mol. The molecule has 0 amide bonds. The first-order valence-electron chi connectivity index (χ1n) is 5.44. The van der Waals surface area contributed by atoms with Crippen LogP contribution in [0.15, 0.2) is 30.3 Å². The van der Waals surface area contributed by atoms with E-state index in [0.29, 0.717) is 17.2 Å². The molecule has 0 aliphatic heterocycles. The Morgan fingerprint density at radius 2 is 1.71 bits per heavy atom. The summed E-state index contributed by atoms with van der Waals surface area (Å²) in [6.07, 6.45) is 3.72. The van der Waals surface area contributed by atoms with Gasteiger partial charge >= 0.3 is 0 Å². The van der Waals surface area contributed by atoms with Gasteiger partial charge in [0.25, 0.3) is 0 Å². The van der Waals surface area contributed by atoms with Crippen molar-refractivity contribution < 1.29 is 5.11 Å². The van der Waals surface area contributed by atoms with Gasteiger partial charge in [-0.1, -0.05) is 36.4 Å². The second-order valence-electron chi connectivity index (χ2n) is 3.83. The molecular formula is C14H14N2O. The van der Waals surface area contributed by atoms with Gasteiger partial charge in [0, 0.05) is 0 Å². The molecule has 0 aliphatic carbocycles. The van der Waals surface area contributed by atoms with Crippen LogP contribution >= 0.6 is 0 Å². The topological polar surface area (TPSA) is 46.0 Å². The highest BCUT2D eigenvalue weighted by atomic mass is 16.3. The fourth-order valence-corrected chi connectivity index (χ4v) is 1.59. The molecule has 0 spiro atoms. The van der Waals surface area contributed by atoms with E-state index in [1.54, 1.807) is 13.0 Å². The number of aromatic nitrogens is 2. The molecule has 0 bridgehead atoms. The monoisotopic (exact) mass is 226 g/mol. The van der Waals surface area contributed by atoms with E-state index < -0.39 is 0 Å². The minimum Gasteiger partial charge on any atom is -0.504 e. The van der Waals surface area contributed by atoms with Crippen molar-refractivity contribution in [3.8, 4) is 5.75 Å². The largest absolute Gasteiger partial charge is 0.504 e. The Morgan fingerprint density at radius 3 is 2.41 bits per heavy atom. The van der Waals surface area contributed by atoms with E-state index >= 15 is 0 Å². The first kappa shape index (κ1) is 11.3. The zero-order chi connectivity index (χ0) is 12.3. The van der Waals surface area contributed by atoms with Gasteiger partial charge in [-0.3, -0.25) is 0 Å². The zero-order valence-corrected chi connectivity index (χ0v) is 9.88. The summed E-state index contributed by atoms with van der Waals surface area (Å²) in [5, 5.41) is 9.82. The van der Waals surface area contributed by atoms with Crippen LogP contribution in [-0.4, -0.2) is 15.1 Å². The Morgan fingerprint density at radius 1 is 1.00 bits per heavy atom. The van der Waals surface area contributed by atoms with Crippen LogP contribution in [0.3, 0.4) is 0 Å². The quantitative estimate of drug-likeness (QED) is 0.856. The van der Waals surface area contributed by atoms with Gasteiger partial charge in [-0.25, -0.2) is 9.97 Å². The third-order valence-corrected chi connectivity index (χ3v) is 2.43. The molecule has 2 aromatic rings. The average Bonchev–Trinajstić information content (AvgIpc) is 2.33. The molecule has 0 saturated heterocycles. The van der Waals surface area contributed by atoms with Crippen LogP contribution in [0.25, 0.3) is 12.2 Å². The SMILES string of the molecule is Cc1nc(C)c(O)c(/C=C/c2ccccc2)n1. The van der Waals surface area contributed by atoms with Crippen LogP contribution in [0.2, 0.25) is 0 Å². The van der Waals surface area contributed by atoms with E-state index in [9.17, 15) is 5.11 Å². The molecule has 0 unspecified atom stereocenters.